The fourth-order valence-electron chi connectivity index (χ4n) is 0.851. The van der Waals surface area contributed by atoms with Crippen molar-refractivity contribution >= 4 is 23.3 Å². The van der Waals surface area contributed by atoms with Gasteiger partial charge in [-0.2, -0.15) is 0 Å². The Morgan fingerprint density at radius 2 is 2.47 bits per heavy atom. The predicted molar refractivity (Wildman–Crippen MR) is 57.2 cm³/mol. The van der Waals surface area contributed by atoms with E-state index in [2.05, 4.69) is 21.6 Å². The zero-order chi connectivity index (χ0) is 11.3. The first-order chi connectivity index (χ1) is 7.15. The van der Waals surface area contributed by atoms with Gasteiger partial charge in [0.25, 0.3) is 0 Å². The van der Waals surface area contributed by atoms with Crippen molar-refractivity contribution in [3.63, 3.8) is 0 Å². The summed E-state index contributed by atoms with van der Waals surface area (Å²) in [4.78, 5) is 14.6. The molecule has 0 aliphatic carbocycles. The minimum absolute atomic E-state index is 0.00115. The van der Waals surface area contributed by atoms with Gasteiger partial charge in [0.2, 0.25) is 0 Å². The van der Waals surface area contributed by atoms with E-state index in [1.54, 1.807) is 6.07 Å². The Balaban J connectivity index is 2.84. The van der Waals surface area contributed by atoms with E-state index in [1.807, 2.05) is 0 Å². The van der Waals surface area contributed by atoms with E-state index in [-0.39, 0.29) is 11.6 Å². The van der Waals surface area contributed by atoms with Gasteiger partial charge in [-0.05, 0) is 6.07 Å². The molecule has 0 radical (unpaired) electrons. The van der Waals surface area contributed by atoms with Gasteiger partial charge in [-0.3, -0.25) is 4.79 Å². The van der Waals surface area contributed by atoms with Gasteiger partial charge in [0.05, 0.1) is 18.4 Å². The molecular weight excluding hydrogens is 216 g/mol. The van der Waals surface area contributed by atoms with Crippen LogP contribution in [-0.4, -0.2) is 18.1 Å². The quantitative estimate of drug-likeness (QED) is 0.443. The highest BCUT2D eigenvalue weighted by Gasteiger charge is 2.02. The second kappa shape index (κ2) is 5.23. The van der Waals surface area contributed by atoms with E-state index in [4.69, 9.17) is 17.3 Å². The van der Waals surface area contributed by atoms with Crippen molar-refractivity contribution in [1.29, 1.82) is 0 Å². The average Bonchev–Trinajstić information content (AvgIpc) is 2.22. The van der Waals surface area contributed by atoms with Crippen LogP contribution in [0.3, 0.4) is 0 Å². The lowest BCUT2D eigenvalue weighted by Crippen LogP contribution is -1.97. The van der Waals surface area contributed by atoms with E-state index in [0.717, 1.165) is 0 Å². The molecule has 0 fully saturated rings. The maximum absolute atomic E-state index is 10.8. The van der Waals surface area contributed by atoms with Crippen molar-refractivity contribution in [3.05, 3.63) is 23.0 Å². The number of carbonyl (C=O) groups excluding carboxylic acids is 1. The molecular formula is C10H9ClN2O2. The third kappa shape index (κ3) is 3.15. The predicted octanol–water partition coefficient (Wildman–Crippen LogP) is 1.23. The van der Waals surface area contributed by atoms with Gasteiger partial charge in [0.15, 0.2) is 0 Å². The maximum atomic E-state index is 10.8. The molecule has 1 heterocycles. The second-order valence-electron chi connectivity index (χ2n) is 2.62. The number of nitrogens with zero attached hydrogens (tertiary/aromatic N) is 1. The number of hydrogen-bond acceptors (Lipinski definition) is 4. The summed E-state index contributed by atoms with van der Waals surface area (Å²) in [7, 11) is 1.30. The first-order valence-electron chi connectivity index (χ1n) is 4.11. The van der Waals surface area contributed by atoms with E-state index in [1.165, 1.54) is 13.3 Å². The normalized spacial score (nSPS) is 8.93. The molecule has 4 nitrogen and oxygen atoms in total. The van der Waals surface area contributed by atoms with Crippen molar-refractivity contribution in [1.82, 2.24) is 4.98 Å². The van der Waals surface area contributed by atoms with Gasteiger partial charge in [-0.25, -0.2) is 4.98 Å². The number of nitrogens with two attached hydrogens (primary N) is 1. The Hall–Kier alpha value is -1.73. The number of hydrogen-bond donors (Lipinski definition) is 1. The van der Waals surface area contributed by atoms with Crippen molar-refractivity contribution in [2.45, 2.75) is 6.42 Å². The van der Waals surface area contributed by atoms with Crippen LogP contribution >= 0.6 is 11.6 Å². The lowest BCUT2D eigenvalue weighted by Gasteiger charge is -1.98. The molecule has 1 rings (SSSR count). The van der Waals surface area contributed by atoms with Gasteiger partial charge in [-0.15, -0.1) is 0 Å². The minimum Gasteiger partial charge on any atom is -0.468 e. The number of carbonyl (C=O) groups is 1. The molecule has 0 aliphatic heterocycles. The Morgan fingerprint density at radius 3 is 3.07 bits per heavy atom. The van der Waals surface area contributed by atoms with Gasteiger partial charge >= 0.3 is 5.97 Å². The van der Waals surface area contributed by atoms with Crippen LogP contribution < -0.4 is 5.73 Å². The van der Waals surface area contributed by atoms with Crippen LogP contribution in [0.25, 0.3) is 0 Å². The van der Waals surface area contributed by atoms with Crippen molar-refractivity contribution in [2.24, 2.45) is 0 Å². The minimum atomic E-state index is -0.402. The summed E-state index contributed by atoms with van der Waals surface area (Å²) in [6.07, 6.45) is 1.49. The van der Waals surface area contributed by atoms with Crippen LogP contribution in [0.2, 0.25) is 5.15 Å². The molecule has 0 aromatic carbocycles. The topological polar surface area (TPSA) is 65.2 Å². The van der Waals surface area contributed by atoms with Crippen LogP contribution in [0.1, 0.15) is 12.0 Å². The molecule has 1 aromatic rings. The molecule has 0 spiro atoms. The molecule has 0 atom stereocenters. The summed E-state index contributed by atoms with van der Waals surface area (Å²) in [5.74, 6) is 4.88. The van der Waals surface area contributed by atoms with E-state index < -0.39 is 5.97 Å². The molecule has 78 valence electrons. The smallest absolute Gasteiger partial charge is 0.317 e. The molecule has 0 unspecified atom stereocenters. The highest BCUT2D eigenvalue weighted by atomic mass is 35.5. The maximum Gasteiger partial charge on any atom is 0.317 e. The zero-order valence-corrected chi connectivity index (χ0v) is 8.84. The summed E-state index contributed by atoms with van der Waals surface area (Å²) < 4.78 is 4.43. The SMILES string of the molecule is COC(=O)CC#Cc1c(N)ccnc1Cl. The van der Waals surface area contributed by atoms with Crippen LogP contribution in [-0.2, 0) is 9.53 Å². The molecule has 2 N–H and O–H groups in total. The van der Waals surface area contributed by atoms with Gasteiger partial charge in [-0.1, -0.05) is 23.4 Å². The Labute approximate surface area is 92.4 Å². The Morgan fingerprint density at radius 1 is 1.73 bits per heavy atom. The number of ether oxygens (including phenoxy) is 1. The van der Waals surface area contributed by atoms with Crippen molar-refractivity contribution < 1.29 is 9.53 Å². The largest absolute Gasteiger partial charge is 0.468 e. The third-order valence-electron chi connectivity index (χ3n) is 1.61. The summed E-state index contributed by atoms with van der Waals surface area (Å²) in [6, 6.07) is 1.59. The number of rotatable bonds is 1. The summed E-state index contributed by atoms with van der Waals surface area (Å²) in [5, 5.41) is 0.229. The first kappa shape index (κ1) is 11.3. The number of nitrogen functional groups attached to an aromatic ring is 1. The van der Waals surface area contributed by atoms with Crippen molar-refractivity contribution in [2.75, 3.05) is 12.8 Å². The standard InChI is InChI=1S/C10H9ClN2O2/c1-15-9(14)4-2-3-7-8(12)5-6-13-10(7)11/h5-6H,4H2,1H3,(H2,12,13). The van der Waals surface area contributed by atoms with E-state index in [9.17, 15) is 4.79 Å². The van der Waals surface area contributed by atoms with Crippen LogP contribution in [0.15, 0.2) is 12.3 Å². The number of esters is 1. The number of anilines is 1. The number of pyridine rings is 1. The number of methoxy groups -OCH3 is 1. The third-order valence-corrected chi connectivity index (χ3v) is 1.90. The Bertz CT molecular complexity index is 415. The second-order valence-corrected chi connectivity index (χ2v) is 2.98. The number of aromatic nitrogens is 1. The molecule has 1 aromatic heterocycles. The van der Waals surface area contributed by atoms with Crippen LogP contribution in [0.5, 0.6) is 0 Å². The molecule has 15 heavy (non-hydrogen) atoms. The summed E-state index contributed by atoms with van der Waals surface area (Å²) in [6.45, 7) is 0. The van der Waals surface area contributed by atoms with Crippen molar-refractivity contribution in [3.8, 4) is 11.8 Å². The highest BCUT2D eigenvalue weighted by Crippen LogP contribution is 2.17. The number of halogens is 1. The molecule has 0 amide bonds. The molecule has 0 saturated heterocycles. The summed E-state index contributed by atoms with van der Waals surface area (Å²) in [5.41, 5.74) is 6.50. The fourth-order valence-corrected chi connectivity index (χ4v) is 1.06. The van der Waals surface area contributed by atoms with Gasteiger partial charge in [0, 0.05) is 6.20 Å². The zero-order valence-electron chi connectivity index (χ0n) is 8.08. The van der Waals surface area contributed by atoms with Gasteiger partial charge in [0.1, 0.15) is 11.6 Å². The summed E-state index contributed by atoms with van der Waals surface area (Å²) >= 11 is 5.77. The average molecular weight is 225 g/mol. The van der Waals surface area contributed by atoms with Crippen LogP contribution in [0.4, 0.5) is 5.69 Å². The molecule has 0 bridgehead atoms. The monoisotopic (exact) mass is 224 g/mol. The molecule has 5 heteroatoms. The lowest BCUT2D eigenvalue weighted by atomic mass is 10.2. The lowest BCUT2D eigenvalue weighted by molar-refractivity contribution is -0.139. The van der Waals surface area contributed by atoms with Crippen LogP contribution in [0, 0.1) is 11.8 Å². The van der Waals surface area contributed by atoms with Gasteiger partial charge < -0.3 is 10.5 Å². The highest BCUT2D eigenvalue weighted by molar-refractivity contribution is 6.30. The van der Waals surface area contributed by atoms with E-state index in [0.29, 0.717) is 11.3 Å². The molecule has 0 aliphatic rings. The first-order valence-corrected chi connectivity index (χ1v) is 4.48. The Kier molecular flexibility index (Phi) is 3.95. The fraction of sp³-hybridized carbons (Fsp3) is 0.200. The molecule has 0 saturated carbocycles. The van der Waals surface area contributed by atoms with E-state index >= 15 is 0 Å².